The highest BCUT2D eigenvalue weighted by Crippen LogP contribution is 2.60. The summed E-state index contributed by atoms with van der Waals surface area (Å²) < 4.78 is 25.6. The summed E-state index contributed by atoms with van der Waals surface area (Å²) >= 11 is 0.718. The van der Waals surface area contributed by atoms with Crippen LogP contribution in [0.5, 0.6) is 0 Å². The van der Waals surface area contributed by atoms with Gasteiger partial charge in [0, 0.05) is 66.0 Å². The Bertz CT molecular complexity index is 2130. The topological polar surface area (TPSA) is 250 Å². The molecule has 318 valence electrons. The van der Waals surface area contributed by atoms with Crippen molar-refractivity contribution in [3.8, 4) is 0 Å². The Balaban J connectivity index is 2.14. The number of hydrogen-bond acceptors (Lipinski definition) is 17. The molecule has 60 heavy (non-hydrogen) atoms. The summed E-state index contributed by atoms with van der Waals surface area (Å²) in [5.41, 5.74) is -0.147. The van der Waals surface area contributed by atoms with E-state index in [0.717, 1.165) is 58.5 Å². The maximum Gasteiger partial charge on any atom is 0.303 e. The van der Waals surface area contributed by atoms with E-state index < -0.39 is 93.0 Å². The molecule has 0 saturated heterocycles. The van der Waals surface area contributed by atoms with Crippen LogP contribution in [0.25, 0.3) is 0 Å². The van der Waals surface area contributed by atoms with E-state index in [0.29, 0.717) is 5.56 Å². The van der Waals surface area contributed by atoms with Gasteiger partial charge in [-0.05, 0) is 23.3 Å². The first-order valence-electron chi connectivity index (χ1n) is 18.1. The number of carbonyl (C=O) groups is 6. The van der Waals surface area contributed by atoms with Gasteiger partial charge in [0.1, 0.15) is 22.3 Å². The number of rotatable bonds is 18. The molecule has 0 fully saturated rings. The molecule has 6 atom stereocenters. The number of benzene rings is 3. The fraction of sp³-hybridized carbons (Fsp3) is 0.350. The number of nitrogens with zero attached hydrogens (tertiary/aromatic N) is 3. The molecular weight excluding hydrogens is 809 g/mol. The van der Waals surface area contributed by atoms with Gasteiger partial charge >= 0.3 is 29.8 Å². The summed E-state index contributed by atoms with van der Waals surface area (Å²) in [6, 6.07) is 21.3. The first-order chi connectivity index (χ1) is 28.3. The Kier molecular flexibility index (Phi) is 15.5. The van der Waals surface area contributed by atoms with Gasteiger partial charge < -0.3 is 33.9 Å². The minimum Gasteiger partial charge on any atom is -0.462 e. The largest absolute Gasteiger partial charge is 0.462 e. The van der Waals surface area contributed by atoms with Crippen molar-refractivity contribution in [1.29, 1.82) is 0 Å². The van der Waals surface area contributed by atoms with Crippen molar-refractivity contribution < 1.29 is 62.3 Å². The lowest BCUT2D eigenvalue weighted by Gasteiger charge is -2.41. The molecule has 0 aromatic heterocycles. The number of esters is 5. The van der Waals surface area contributed by atoms with Crippen molar-refractivity contribution in [3.05, 3.63) is 127 Å². The zero-order chi connectivity index (χ0) is 44.3. The molecule has 4 rings (SSSR count). The summed E-state index contributed by atoms with van der Waals surface area (Å²) in [4.78, 5) is 104. The normalized spacial score (nSPS) is 17.8. The molecule has 1 aliphatic heterocycles. The van der Waals surface area contributed by atoms with Crippen LogP contribution in [0.3, 0.4) is 0 Å². The van der Waals surface area contributed by atoms with E-state index in [4.69, 9.17) is 23.7 Å². The maximum absolute atomic E-state index is 15.3. The van der Waals surface area contributed by atoms with Crippen LogP contribution in [-0.4, -0.2) is 88.6 Å². The van der Waals surface area contributed by atoms with Crippen molar-refractivity contribution in [1.82, 2.24) is 4.90 Å². The van der Waals surface area contributed by atoms with E-state index in [9.17, 15) is 44.2 Å². The number of nitro benzene ring substituents is 1. The smallest absolute Gasteiger partial charge is 0.303 e. The van der Waals surface area contributed by atoms with Crippen LogP contribution < -0.4 is 5.32 Å². The number of carbonyl (C=O) groups excluding carboxylic acids is 6. The molecule has 20 heteroatoms. The van der Waals surface area contributed by atoms with Crippen LogP contribution in [0.4, 0.5) is 11.4 Å². The van der Waals surface area contributed by atoms with E-state index in [1.165, 1.54) is 36.2 Å². The van der Waals surface area contributed by atoms with Crippen LogP contribution >= 0.6 is 11.8 Å². The molecular formula is C40H42N4O15S. The number of nitro groups is 2. The molecule has 3 aromatic rings. The van der Waals surface area contributed by atoms with Gasteiger partial charge in [-0.15, -0.1) is 0 Å². The highest BCUT2D eigenvalue weighted by molar-refractivity contribution is 8.04. The van der Waals surface area contributed by atoms with Gasteiger partial charge in [-0.3, -0.25) is 49.0 Å². The zero-order valence-corrected chi connectivity index (χ0v) is 34.1. The van der Waals surface area contributed by atoms with Crippen LogP contribution in [0.2, 0.25) is 0 Å². The van der Waals surface area contributed by atoms with Crippen molar-refractivity contribution >= 4 is 58.9 Å². The average Bonchev–Trinajstić information content (AvgIpc) is 3.55. The minimum atomic E-state index is -2.25. The number of amides is 1. The predicted molar refractivity (Wildman–Crippen MR) is 212 cm³/mol. The molecule has 0 saturated carbocycles. The molecule has 0 unspecified atom stereocenters. The predicted octanol–water partition coefficient (Wildman–Crippen LogP) is 4.66. The first kappa shape index (κ1) is 45.9. The second-order valence-electron chi connectivity index (χ2n) is 13.4. The Labute approximate surface area is 347 Å². The maximum atomic E-state index is 15.3. The highest BCUT2D eigenvalue weighted by Gasteiger charge is 2.67. The van der Waals surface area contributed by atoms with Gasteiger partial charge in [0.15, 0.2) is 24.4 Å². The summed E-state index contributed by atoms with van der Waals surface area (Å²) in [5.74, 6) is -8.02. The first-order valence-corrected chi connectivity index (χ1v) is 18.9. The van der Waals surface area contributed by atoms with Crippen LogP contribution in [0.15, 0.2) is 95.7 Å². The molecule has 1 amide bonds. The number of thioether (sulfide) groups is 1. The van der Waals surface area contributed by atoms with Gasteiger partial charge in [-0.2, -0.15) is 0 Å². The van der Waals surface area contributed by atoms with Crippen LogP contribution in [0, 0.1) is 26.1 Å². The van der Waals surface area contributed by atoms with Crippen molar-refractivity contribution in [2.45, 2.75) is 70.3 Å². The number of ether oxygens (including phenoxy) is 5. The standard InChI is InChI=1S/C40H42N4O15S/c1-23(45)55-22-32(56-24(2)46)35(57-25(3)47)37(59-27(5)49)36(58-26(4)48)33-34(44(53)54)38(42(6)21-28-13-9-7-10-14-28)60-40(33,29-15-11-8-12-16-29)39(50)41-30-17-19-31(20-18-30)43(51)52/h7-20,32-33,35-37H,21-22H2,1-6H3,(H,41,50)/t32-,33-,35-,36-,37+,40-/m1/s1. The monoisotopic (exact) mass is 850 g/mol. The molecule has 0 bridgehead atoms. The number of anilines is 1. The molecule has 19 nitrogen and oxygen atoms in total. The summed E-state index contributed by atoms with van der Waals surface area (Å²) in [5, 5.41) is 27.7. The summed E-state index contributed by atoms with van der Waals surface area (Å²) in [6.45, 7) is 4.11. The van der Waals surface area contributed by atoms with Crippen LogP contribution in [-0.2, 0) is 63.7 Å². The Morgan fingerprint density at radius 2 is 1.25 bits per heavy atom. The van der Waals surface area contributed by atoms with Crippen LogP contribution in [0.1, 0.15) is 45.7 Å². The second kappa shape index (κ2) is 20.2. The minimum absolute atomic E-state index is 0.0312. The molecule has 3 aromatic carbocycles. The van der Waals surface area contributed by atoms with E-state index in [-0.39, 0.29) is 28.5 Å². The van der Waals surface area contributed by atoms with Crippen molar-refractivity contribution in [2.24, 2.45) is 5.92 Å². The highest BCUT2D eigenvalue weighted by atomic mass is 32.2. The number of hydrogen-bond donors (Lipinski definition) is 1. The zero-order valence-electron chi connectivity index (χ0n) is 33.3. The third-order valence-electron chi connectivity index (χ3n) is 8.91. The second-order valence-corrected chi connectivity index (χ2v) is 14.6. The van der Waals surface area contributed by atoms with Gasteiger partial charge in [0.2, 0.25) is 5.91 Å². The Morgan fingerprint density at radius 3 is 1.75 bits per heavy atom. The van der Waals surface area contributed by atoms with Crippen molar-refractivity contribution in [2.75, 3.05) is 19.0 Å². The molecule has 0 radical (unpaired) electrons. The average molecular weight is 851 g/mol. The lowest BCUT2D eigenvalue weighted by atomic mass is 9.76. The third-order valence-corrected chi connectivity index (χ3v) is 10.6. The van der Waals surface area contributed by atoms with Gasteiger partial charge in [-0.25, -0.2) is 0 Å². The molecule has 0 aliphatic carbocycles. The number of nitrogens with one attached hydrogen (secondary N) is 1. The van der Waals surface area contributed by atoms with E-state index in [1.807, 2.05) is 0 Å². The fourth-order valence-corrected chi connectivity index (χ4v) is 8.29. The third kappa shape index (κ3) is 11.2. The van der Waals surface area contributed by atoms with E-state index >= 15 is 4.79 Å². The van der Waals surface area contributed by atoms with Gasteiger partial charge in [-0.1, -0.05) is 72.4 Å². The van der Waals surface area contributed by atoms with Gasteiger partial charge in [0.05, 0.1) is 9.85 Å². The van der Waals surface area contributed by atoms with E-state index in [2.05, 4.69) is 5.32 Å². The molecule has 1 aliphatic rings. The van der Waals surface area contributed by atoms with Gasteiger partial charge in [0.25, 0.3) is 11.4 Å². The lowest BCUT2D eigenvalue weighted by molar-refractivity contribution is -0.438. The Hall–Kier alpha value is -6.83. The molecule has 1 heterocycles. The summed E-state index contributed by atoms with van der Waals surface area (Å²) in [6.07, 6.45) is -8.04. The SMILES string of the molecule is CC(=O)OC[C@@H](OC(C)=O)[C@@H](OC(C)=O)[C@H](OC(C)=O)[C@H](OC(C)=O)[C@H]1C([N+](=O)[O-])=C(N(C)Cc2ccccc2)S[C@]1(C(=O)Nc1ccc([N+](=O)[O-])cc1)c1ccccc1. The molecule has 1 N–H and O–H groups in total. The number of non-ortho nitro benzene ring substituents is 1. The molecule has 0 spiro atoms. The van der Waals surface area contributed by atoms with E-state index in [1.54, 1.807) is 48.5 Å². The summed E-state index contributed by atoms with van der Waals surface area (Å²) in [7, 11) is 1.53. The Morgan fingerprint density at radius 1 is 0.717 bits per heavy atom. The fourth-order valence-electron chi connectivity index (χ4n) is 6.69. The lowest BCUT2D eigenvalue weighted by Crippen LogP contribution is -2.59. The quantitative estimate of drug-likeness (QED) is 0.0791. The van der Waals surface area contributed by atoms with Crippen molar-refractivity contribution in [3.63, 3.8) is 0 Å².